The van der Waals surface area contributed by atoms with Crippen molar-refractivity contribution in [3.05, 3.63) is 48.6 Å². The lowest BCUT2D eigenvalue weighted by Gasteiger charge is -2.50. The lowest BCUT2D eigenvalue weighted by atomic mass is 9.58. The third-order valence-corrected chi connectivity index (χ3v) is 5.50. The Bertz CT molecular complexity index is 765. The average Bonchev–Trinajstić information content (AvgIpc) is 2.66. The molecule has 30 heavy (non-hydrogen) atoms. The summed E-state index contributed by atoms with van der Waals surface area (Å²) >= 11 is 0. The summed E-state index contributed by atoms with van der Waals surface area (Å²) in [6.07, 6.45) is 0.739. The highest BCUT2D eigenvalue weighted by Gasteiger charge is 2.53. The van der Waals surface area contributed by atoms with Gasteiger partial charge in [-0.1, -0.05) is 26.2 Å². The maximum atomic E-state index is 12.5. The number of aliphatic hydroxyl groups excluding tert-OH is 2. The van der Waals surface area contributed by atoms with Gasteiger partial charge in [0.25, 0.3) is 0 Å². The number of carboxylic acids is 1. The Morgan fingerprint density at radius 3 is 2.30 bits per heavy atom. The molecule has 0 radical (unpaired) electrons. The number of esters is 2. The van der Waals surface area contributed by atoms with Crippen LogP contribution >= 0.6 is 0 Å². The lowest BCUT2D eigenvalue weighted by Crippen LogP contribution is -2.54. The summed E-state index contributed by atoms with van der Waals surface area (Å²) in [7, 11) is 0. The van der Waals surface area contributed by atoms with E-state index in [2.05, 4.69) is 19.7 Å². The summed E-state index contributed by atoms with van der Waals surface area (Å²) < 4.78 is 10.3. The van der Waals surface area contributed by atoms with Crippen molar-refractivity contribution < 1.29 is 39.2 Å². The van der Waals surface area contributed by atoms with Gasteiger partial charge in [-0.05, 0) is 30.4 Å². The van der Waals surface area contributed by atoms with Gasteiger partial charge in [0.2, 0.25) is 0 Å². The van der Waals surface area contributed by atoms with Crippen LogP contribution in [0.25, 0.3) is 0 Å². The van der Waals surface area contributed by atoms with Crippen molar-refractivity contribution in [3.8, 4) is 0 Å². The van der Waals surface area contributed by atoms with Crippen LogP contribution in [0.4, 0.5) is 0 Å². The standard InChI is InChI=1S/C22H30O8/c1-7-22(6)10-16(30-21(28)12(2)8-9-29-15(5)24)17(14(4)20(26)27)19(25)18(22)13(3)11-23/h7-8,16-19,23,25H,1,3-4,9-11H2,2,5-6H3,(H,26,27)/b12-8-/t16-,17+,18-,19-,22+/m0/s1. The van der Waals surface area contributed by atoms with E-state index >= 15 is 0 Å². The van der Waals surface area contributed by atoms with E-state index in [9.17, 15) is 29.7 Å². The zero-order valence-electron chi connectivity index (χ0n) is 17.6. The van der Waals surface area contributed by atoms with Crippen LogP contribution in [0.15, 0.2) is 48.6 Å². The third kappa shape index (κ3) is 5.67. The molecule has 166 valence electrons. The fraction of sp³-hybridized carbons (Fsp3) is 0.500. The molecule has 0 aromatic heterocycles. The smallest absolute Gasteiger partial charge is 0.333 e. The lowest BCUT2D eigenvalue weighted by molar-refractivity contribution is -0.161. The van der Waals surface area contributed by atoms with Gasteiger partial charge in [0.15, 0.2) is 0 Å². The minimum Gasteiger partial charge on any atom is -0.478 e. The molecule has 0 unspecified atom stereocenters. The molecule has 0 bridgehead atoms. The molecule has 5 atom stereocenters. The van der Waals surface area contributed by atoms with Crippen LogP contribution in [0.3, 0.4) is 0 Å². The highest BCUT2D eigenvalue weighted by Crippen LogP contribution is 2.50. The second-order valence-electron chi connectivity index (χ2n) is 7.69. The number of hydrogen-bond acceptors (Lipinski definition) is 7. The van der Waals surface area contributed by atoms with Gasteiger partial charge < -0.3 is 24.8 Å². The van der Waals surface area contributed by atoms with Gasteiger partial charge in [0, 0.05) is 24.0 Å². The molecule has 1 aliphatic carbocycles. The first-order valence-electron chi connectivity index (χ1n) is 9.43. The number of ether oxygens (including phenoxy) is 2. The third-order valence-electron chi connectivity index (χ3n) is 5.50. The van der Waals surface area contributed by atoms with Crippen molar-refractivity contribution >= 4 is 17.9 Å². The molecule has 1 rings (SSSR count). The van der Waals surface area contributed by atoms with Gasteiger partial charge >= 0.3 is 17.9 Å². The van der Waals surface area contributed by atoms with E-state index in [0.717, 1.165) is 0 Å². The highest BCUT2D eigenvalue weighted by molar-refractivity contribution is 5.89. The molecular weight excluding hydrogens is 392 g/mol. The number of hydrogen-bond donors (Lipinski definition) is 3. The Hall–Kier alpha value is -2.71. The predicted molar refractivity (Wildman–Crippen MR) is 109 cm³/mol. The Labute approximate surface area is 176 Å². The van der Waals surface area contributed by atoms with Crippen molar-refractivity contribution in [2.75, 3.05) is 13.2 Å². The molecule has 3 N–H and O–H groups in total. The Kier molecular flexibility index (Phi) is 8.74. The van der Waals surface area contributed by atoms with Gasteiger partial charge in [-0.2, -0.15) is 0 Å². The summed E-state index contributed by atoms with van der Waals surface area (Å²) in [6.45, 7) is 15.1. The zero-order chi connectivity index (χ0) is 23.2. The van der Waals surface area contributed by atoms with E-state index in [1.807, 2.05) is 0 Å². The maximum Gasteiger partial charge on any atom is 0.333 e. The first kappa shape index (κ1) is 25.3. The minimum absolute atomic E-state index is 0.113. The van der Waals surface area contributed by atoms with Crippen molar-refractivity contribution in [1.29, 1.82) is 0 Å². The van der Waals surface area contributed by atoms with E-state index in [-0.39, 0.29) is 24.2 Å². The summed E-state index contributed by atoms with van der Waals surface area (Å²) in [5, 5.41) is 30.0. The van der Waals surface area contributed by atoms with Crippen LogP contribution in [0.2, 0.25) is 0 Å². The van der Waals surface area contributed by atoms with Gasteiger partial charge in [0.05, 0.1) is 18.6 Å². The predicted octanol–water partition coefficient (Wildman–Crippen LogP) is 1.79. The number of aliphatic hydroxyl groups is 2. The molecule has 0 spiro atoms. The summed E-state index contributed by atoms with van der Waals surface area (Å²) in [5.41, 5.74) is -0.666. The fourth-order valence-corrected chi connectivity index (χ4v) is 3.81. The molecule has 0 heterocycles. The molecule has 1 fully saturated rings. The van der Waals surface area contributed by atoms with Gasteiger partial charge in [-0.3, -0.25) is 4.79 Å². The molecule has 0 saturated heterocycles. The summed E-state index contributed by atoms with van der Waals surface area (Å²) in [4.78, 5) is 35.0. The molecule has 0 amide bonds. The number of carbonyl (C=O) groups excluding carboxylic acids is 2. The first-order chi connectivity index (χ1) is 13.9. The van der Waals surface area contributed by atoms with E-state index in [0.29, 0.717) is 5.57 Å². The maximum absolute atomic E-state index is 12.5. The van der Waals surface area contributed by atoms with Crippen LogP contribution in [0.1, 0.15) is 27.2 Å². The molecule has 8 nitrogen and oxygen atoms in total. The van der Waals surface area contributed by atoms with E-state index in [1.54, 1.807) is 13.0 Å². The monoisotopic (exact) mass is 422 g/mol. The van der Waals surface area contributed by atoms with E-state index in [4.69, 9.17) is 9.47 Å². The highest BCUT2D eigenvalue weighted by atomic mass is 16.5. The summed E-state index contributed by atoms with van der Waals surface area (Å²) in [5.74, 6) is -4.41. The topological polar surface area (TPSA) is 130 Å². The van der Waals surface area contributed by atoms with Crippen molar-refractivity contribution in [2.24, 2.45) is 17.3 Å². The normalized spacial score (nSPS) is 28.9. The fourth-order valence-electron chi connectivity index (χ4n) is 3.81. The SMILES string of the molecule is C=C[C@]1(C)C[C@H](OC(=O)/C(C)=C\COC(C)=O)[C@@H](C(=C)C(=O)O)[C@H](O)[C@@H]1C(=C)CO. The van der Waals surface area contributed by atoms with E-state index < -0.39 is 54.0 Å². The Morgan fingerprint density at radius 1 is 1.23 bits per heavy atom. The van der Waals surface area contributed by atoms with Crippen LogP contribution < -0.4 is 0 Å². The number of rotatable bonds is 9. The first-order valence-corrected chi connectivity index (χ1v) is 9.43. The second-order valence-corrected chi connectivity index (χ2v) is 7.69. The van der Waals surface area contributed by atoms with Gasteiger partial charge in [-0.15, -0.1) is 6.58 Å². The molecular formula is C22H30O8. The van der Waals surface area contributed by atoms with Crippen molar-refractivity contribution in [1.82, 2.24) is 0 Å². The van der Waals surface area contributed by atoms with Gasteiger partial charge in [0.1, 0.15) is 12.7 Å². The van der Waals surface area contributed by atoms with Crippen molar-refractivity contribution in [2.45, 2.75) is 39.4 Å². The largest absolute Gasteiger partial charge is 0.478 e. The van der Waals surface area contributed by atoms with Crippen LogP contribution in [0, 0.1) is 17.3 Å². The molecule has 0 aromatic carbocycles. The van der Waals surface area contributed by atoms with E-state index in [1.165, 1.54) is 19.9 Å². The quantitative estimate of drug-likeness (QED) is 0.291. The summed E-state index contributed by atoms with van der Waals surface area (Å²) in [6, 6.07) is 0. The molecule has 1 aliphatic rings. The zero-order valence-corrected chi connectivity index (χ0v) is 17.6. The molecule has 0 aliphatic heterocycles. The minimum atomic E-state index is -1.34. The number of carboxylic acid groups (broad SMARTS) is 1. The Balaban J connectivity index is 3.26. The van der Waals surface area contributed by atoms with Crippen LogP contribution in [0.5, 0.6) is 0 Å². The van der Waals surface area contributed by atoms with Crippen LogP contribution in [-0.4, -0.2) is 58.6 Å². The number of allylic oxidation sites excluding steroid dienone is 1. The van der Waals surface area contributed by atoms with Gasteiger partial charge in [-0.25, -0.2) is 9.59 Å². The molecule has 0 aromatic rings. The molecule has 1 saturated carbocycles. The second kappa shape index (κ2) is 10.4. The number of carbonyl (C=O) groups is 3. The van der Waals surface area contributed by atoms with Crippen LogP contribution in [-0.2, 0) is 23.9 Å². The Morgan fingerprint density at radius 2 is 1.83 bits per heavy atom. The average molecular weight is 422 g/mol. The van der Waals surface area contributed by atoms with Crippen molar-refractivity contribution in [3.63, 3.8) is 0 Å². The number of aliphatic carboxylic acids is 1. The molecule has 8 heteroatoms.